The highest BCUT2D eigenvalue weighted by Gasteiger charge is 2.52. The number of hydrogen-bond acceptors (Lipinski definition) is 4. The normalized spacial score (nSPS) is 21.4. The van der Waals surface area contributed by atoms with Gasteiger partial charge in [-0.3, -0.25) is 19.4 Å². The summed E-state index contributed by atoms with van der Waals surface area (Å²) in [6.07, 6.45) is -0.789. The second-order valence-electron chi connectivity index (χ2n) is 12.8. The van der Waals surface area contributed by atoms with Crippen LogP contribution in [-0.2, 0) is 15.8 Å². The molecule has 2 aliphatic rings. The molecule has 11 heteroatoms. The minimum atomic E-state index is -4.64. The zero-order valence-electron chi connectivity index (χ0n) is 25.4. The van der Waals surface area contributed by atoms with Crippen LogP contribution in [0.3, 0.4) is 0 Å². The van der Waals surface area contributed by atoms with E-state index in [0.29, 0.717) is 30.7 Å². The predicted molar refractivity (Wildman–Crippen MR) is 163 cm³/mol. The number of rotatable bonds is 9. The number of aliphatic imine (C=N–C) groups is 1. The number of benzene rings is 2. The Morgan fingerprint density at radius 3 is 2.30 bits per heavy atom. The van der Waals surface area contributed by atoms with E-state index in [1.54, 1.807) is 29.2 Å². The Morgan fingerprint density at radius 1 is 1.11 bits per heavy atom. The first-order valence-corrected chi connectivity index (χ1v) is 15.3. The summed E-state index contributed by atoms with van der Waals surface area (Å²) in [5.74, 6) is -1.47. The molecule has 2 aromatic rings. The Balaban J connectivity index is 1.73. The van der Waals surface area contributed by atoms with Crippen molar-refractivity contribution in [1.82, 2.24) is 10.2 Å². The summed E-state index contributed by atoms with van der Waals surface area (Å²) in [6.45, 7) is 8.55. The molecule has 2 aromatic carbocycles. The Kier molecular flexibility index (Phi) is 9.83. The molecule has 1 spiro atoms. The third kappa shape index (κ3) is 7.28. The molecule has 2 N–H and O–H groups in total. The largest absolute Gasteiger partial charge is 0.481 e. The van der Waals surface area contributed by atoms with E-state index < -0.39 is 41.2 Å². The van der Waals surface area contributed by atoms with Crippen LogP contribution >= 0.6 is 11.6 Å². The third-order valence-electron chi connectivity index (χ3n) is 8.76. The van der Waals surface area contributed by atoms with Crippen LogP contribution in [0.2, 0.25) is 5.02 Å². The van der Waals surface area contributed by atoms with Crippen molar-refractivity contribution in [2.75, 3.05) is 6.54 Å². The molecule has 0 aromatic heterocycles. The van der Waals surface area contributed by atoms with Crippen molar-refractivity contribution in [2.24, 2.45) is 16.3 Å². The summed E-state index contributed by atoms with van der Waals surface area (Å²) >= 11 is 6.12. The van der Waals surface area contributed by atoms with Gasteiger partial charge in [-0.2, -0.15) is 13.2 Å². The summed E-state index contributed by atoms with van der Waals surface area (Å²) in [5, 5.41) is 11.3. The van der Waals surface area contributed by atoms with E-state index in [2.05, 4.69) is 26.1 Å². The highest BCUT2D eigenvalue weighted by molar-refractivity contribution is 6.47. The second kappa shape index (κ2) is 12.9. The molecule has 44 heavy (non-hydrogen) atoms. The van der Waals surface area contributed by atoms with Gasteiger partial charge in [0.05, 0.1) is 18.0 Å². The minimum Gasteiger partial charge on any atom is -0.481 e. The molecule has 1 aliphatic heterocycles. The van der Waals surface area contributed by atoms with Gasteiger partial charge >= 0.3 is 12.1 Å². The SMILES string of the molecule is CCC[C@H](c1ccc(C(=O)NCCC(=O)O)cc1)N1C(=O)C(c2cc(Cl)cc(C(F)(F)F)c2)=NC12CCC(C(C)(C)C)CC2. The zero-order valence-corrected chi connectivity index (χ0v) is 26.2. The molecule has 1 saturated carbocycles. The number of aliphatic carboxylic acids is 1. The van der Waals surface area contributed by atoms with Gasteiger partial charge in [0.1, 0.15) is 11.4 Å². The van der Waals surface area contributed by atoms with Crippen molar-refractivity contribution in [3.63, 3.8) is 0 Å². The van der Waals surface area contributed by atoms with E-state index in [9.17, 15) is 27.6 Å². The van der Waals surface area contributed by atoms with Crippen molar-refractivity contribution >= 4 is 35.1 Å². The quantitative estimate of drug-likeness (QED) is 0.296. The molecule has 7 nitrogen and oxygen atoms in total. The molecule has 1 aliphatic carbocycles. The number of amides is 2. The molecule has 0 bridgehead atoms. The van der Waals surface area contributed by atoms with Gasteiger partial charge in [0.25, 0.3) is 11.8 Å². The first kappa shape index (κ1) is 33.5. The molecule has 1 fully saturated rings. The summed E-state index contributed by atoms with van der Waals surface area (Å²) in [7, 11) is 0. The average Bonchev–Trinajstić information content (AvgIpc) is 3.21. The van der Waals surface area contributed by atoms with E-state index in [-0.39, 0.29) is 34.7 Å². The van der Waals surface area contributed by atoms with Crippen molar-refractivity contribution in [2.45, 2.75) is 90.5 Å². The lowest BCUT2D eigenvalue weighted by Crippen LogP contribution is -2.51. The zero-order chi connectivity index (χ0) is 32.4. The molecule has 0 saturated heterocycles. The van der Waals surface area contributed by atoms with Crippen LogP contribution in [0.25, 0.3) is 0 Å². The Bertz CT molecular complexity index is 1430. The summed E-state index contributed by atoms with van der Waals surface area (Å²) < 4.78 is 41.1. The van der Waals surface area contributed by atoms with E-state index in [0.717, 1.165) is 37.0 Å². The molecule has 0 unspecified atom stereocenters. The van der Waals surface area contributed by atoms with Gasteiger partial charge in [-0.25, -0.2) is 0 Å². The molecular formula is C33H39ClF3N3O4. The standard InChI is InChI=1S/C33H39ClF3N3O4/c1-5-6-26(20-7-9-21(10-8-20)29(43)38-16-13-27(41)42)40-30(44)28(22-17-24(33(35,36)37)19-25(34)18-22)39-32(40)14-11-23(12-15-32)31(2,3)4/h7-10,17-19,23,26H,5-6,11-16H2,1-4H3,(H,38,43)(H,41,42)/t23?,26-,32?/m1/s1. The number of hydrogen-bond donors (Lipinski definition) is 2. The van der Waals surface area contributed by atoms with Crippen molar-refractivity contribution in [1.29, 1.82) is 0 Å². The summed E-state index contributed by atoms with van der Waals surface area (Å²) in [5.41, 5.74) is -0.680. The minimum absolute atomic E-state index is 0.00555. The fourth-order valence-corrected chi connectivity index (χ4v) is 6.62. The van der Waals surface area contributed by atoms with E-state index >= 15 is 0 Å². The predicted octanol–water partition coefficient (Wildman–Crippen LogP) is 7.67. The molecule has 0 radical (unpaired) electrons. The lowest BCUT2D eigenvalue weighted by atomic mass is 9.69. The maximum Gasteiger partial charge on any atom is 0.416 e. The van der Waals surface area contributed by atoms with Gasteiger partial charge in [0.15, 0.2) is 0 Å². The van der Waals surface area contributed by atoms with E-state index in [4.69, 9.17) is 21.7 Å². The van der Waals surface area contributed by atoms with Crippen LogP contribution in [0.4, 0.5) is 13.2 Å². The van der Waals surface area contributed by atoms with Crippen molar-refractivity contribution in [3.8, 4) is 0 Å². The molecule has 238 valence electrons. The number of nitrogens with one attached hydrogen (secondary N) is 1. The molecule has 1 heterocycles. The third-order valence-corrected chi connectivity index (χ3v) is 8.97. The van der Waals surface area contributed by atoms with Crippen LogP contribution in [0, 0.1) is 11.3 Å². The summed E-state index contributed by atoms with van der Waals surface area (Å²) in [6, 6.07) is 9.50. The van der Waals surface area contributed by atoms with Crippen LogP contribution in [0.15, 0.2) is 47.5 Å². The molecular weight excluding hydrogens is 595 g/mol. The van der Waals surface area contributed by atoms with E-state index in [1.807, 2.05) is 6.92 Å². The monoisotopic (exact) mass is 633 g/mol. The van der Waals surface area contributed by atoms with Crippen molar-refractivity contribution < 1.29 is 32.7 Å². The number of halogens is 4. The molecule has 2 amide bonds. The Hall–Kier alpha value is -3.40. The topological polar surface area (TPSA) is 99.1 Å². The van der Waals surface area contributed by atoms with Crippen LogP contribution in [0.5, 0.6) is 0 Å². The van der Waals surface area contributed by atoms with Crippen LogP contribution in [0.1, 0.15) is 106 Å². The fraction of sp³-hybridized carbons (Fsp3) is 0.515. The number of carboxylic acids is 1. The lowest BCUT2D eigenvalue weighted by molar-refractivity contribution is -0.138. The first-order chi connectivity index (χ1) is 20.6. The first-order valence-electron chi connectivity index (χ1n) is 15.0. The Morgan fingerprint density at radius 2 is 1.75 bits per heavy atom. The second-order valence-corrected chi connectivity index (χ2v) is 13.2. The molecule has 4 rings (SSSR count). The van der Waals surface area contributed by atoms with Crippen LogP contribution < -0.4 is 5.32 Å². The number of carbonyl (C=O) groups excluding carboxylic acids is 2. The van der Waals surface area contributed by atoms with Gasteiger partial charge in [0, 0.05) is 22.7 Å². The average molecular weight is 634 g/mol. The summed E-state index contributed by atoms with van der Waals surface area (Å²) in [4.78, 5) is 44.4. The van der Waals surface area contributed by atoms with Crippen molar-refractivity contribution in [3.05, 3.63) is 69.7 Å². The lowest BCUT2D eigenvalue weighted by Gasteiger charge is -2.47. The van der Waals surface area contributed by atoms with E-state index in [1.165, 1.54) is 6.07 Å². The van der Waals surface area contributed by atoms with Gasteiger partial charge in [0.2, 0.25) is 0 Å². The highest BCUT2D eigenvalue weighted by Crippen LogP contribution is 2.50. The van der Waals surface area contributed by atoms with Crippen LogP contribution in [-0.4, -0.2) is 45.7 Å². The molecule has 1 atom stereocenters. The Labute approximate surface area is 260 Å². The number of carbonyl (C=O) groups is 3. The van der Waals surface area contributed by atoms with Gasteiger partial charge < -0.3 is 15.3 Å². The number of carboxylic acid groups (broad SMARTS) is 1. The maximum atomic E-state index is 14.3. The number of nitrogens with zero attached hydrogens (tertiary/aromatic N) is 2. The fourth-order valence-electron chi connectivity index (χ4n) is 6.38. The number of alkyl halides is 3. The maximum absolute atomic E-state index is 14.3. The van der Waals surface area contributed by atoms with Gasteiger partial charge in [-0.1, -0.05) is 57.8 Å². The van der Waals surface area contributed by atoms with Gasteiger partial charge in [-0.15, -0.1) is 0 Å². The highest BCUT2D eigenvalue weighted by atomic mass is 35.5. The van der Waals surface area contributed by atoms with Gasteiger partial charge in [-0.05, 0) is 79.3 Å². The smallest absolute Gasteiger partial charge is 0.416 e.